The Morgan fingerprint density at radius 3 is 2.36 bits per heavy atom. The number of nitrogens with zero attached hydrogens (tertiary/aromatic N) is 1. The summed E-state index contributed by atoms with van der Waals surface area (Å²) in [6, 6.07) is 0.641. The van der Waals surface area contributed by atoms with Gasteiger partial charge >= 0.3 is 0 Å². The normalized spacial score (nSPS) is 26.2. The lowest BCUT2D eigenvalue weighted by Crippen LogP contribution is -2.63. The van der Waals surface area contributed by atoms with E-state index < -0.39 is 0 Å². The molecule has 0 saturated carbocycles. The fourth-order valence-electron chi connectivity index (χ4n) is 1.50. The molecule has 1 unspecified atom stereocenters. The zero-order valence-corrected chi connectivity index (χ0v) is 7.80. The van der Waals surface area contributed by atoms with Gasteiger partial charge in [0.15, 0.2) is 0 Å². The van der Waals surface area contributed by atoms with Gasteiger partial charge < -0.3 is 5.11 Å². The molecule has 2 heteroatoms. The van der Waals surface area contributed by atoms with Crippen LogP contribution in [-0.4, -0.2) is 34.7 Å². The fraction of sp³-hybridized carbons (Fsp3) is 1.00. The highest BCUT2D eigenvalue weighted by atomic mass is 16.3. The Morgan fingerprint density at radius 1 is 1.45 bits per heavy atom. The maximum Gasteiger partial charge on any atom is 0.0897 e. The highest BCUT2D eigenvalue weighted by molar-refractivity contribution is 4.95. The van der Waals surface area contributed by atoms with Crippen LogP contribution >= 0.6 is 0 Å². The van der Waals surface area contributed by atoms with Gasteiger partial charge in [0.2, 0.25) is 0 Å². The second-order valence-electron chi connectivity index (χ2n) is 3.74. The lowest BCUT2D eigenvalue weighted by Gasteiger charge is -2.49. The van der Waals surface area contributed by atoms with E-state index in [0.29, 0.717) is 6.04 Å². The second kappa shape index (κ2) is 3.11. The van der Waals surface area contributed by atoms with Gasteiger partial charge in [-0.2, -0.15) is 0 Å². The Kier molecular flexibility index (Phi) is 2.55. The van der Waals surface area contributed by atoms with Gasteiger partial charge in [0.05, 0.1) is 5.60 Å². The molecule has 2 nitrogen and oxygen atoms in total. The van der Waals surface area contributed by atoms with E-state index in [2.05, 4.69) is 18.7 Å². The quantitative estimate of drug-likeness (QED) is 0.666. The Hall–Kier alpha value is -0.0800. The number of hydrogen-bond acceptors (Lipinski definition) is 2. The number of rotatable bonds is 3. The van der Waals surface area contributed by atoms with Crippen LogP contribution in [0.4, 0.5) is 0 Å². The van der Waals surface area contributed by atoms with Crippen LogP contribution in [0.1, 0.15) is 33.6 Å². The largest absolute Gasteiger partial charge is 0.387 e. The molecule has 1 saturated heterocycles. The third-order valence-corrected chi connectivity index (χ3v) is 2.87. The summed E-state index contributed by atoms with van der Waals surface area (Å²) >= 11 is 0. The van der Waals surface area contributed by atoms with E-state index in [1.54, 1.807) is 0 Å². The highest BCUT2D eigenvalue weighted by Gasteiger charge is 2.40. The summed E-state index contributed by atoms with van der Waals surface area (Å²) in [6.07, 6.45) is 2.07. The first-order valence-corrected chi connectivity index (χ1v) is 4.57. The van der Waals surface area contributed by atoms with E-state index in [1.165, 1.54) is 6.42 Å². The summed E-state index contributed by atoms with van der Waals surface area (Å²) in [7, 11) is 0. The minimum absolute atomic E-state index is 0.358. The smallest absolute Gasteiger partial charge is 0.0897 e. The molecule has 1 heterocycles. The molecular weight excluding hydrogens is 138 g/mol. The molecule has 1 fully saturated rings. The van der Waals surface area contributed by atoms with Crippen molar-refractivity contribution in [3.63, 3.8) is 0 Å². The van der Waals surface area contributed by atoms with Crippen molar-refractivity contribution in [1.29, 1.82) is 0 Å². The average molecular weight is 157 g/mol. The van der Waals surface area contributed by atoms with E-state index >= 15 is 0 Å². The Morgan fingerprint density at radius 2 is 2.00 bits per heavy atom. The summed E-state index contributed by atoms with van der Waals surface area (Å²) in [6.45, 7) is 8.20. The van der Waals surface area contributed by atoms with Crippen LogP contribution < -0.4 is 0 Å². The SMILES string of the molecule is CCC(C)N1CC(O)(CC)C1. The highest BCUT2D eigenvalue weighted by Crippen LogP contribution is 2.26. The Labute approximate surface area is 69.2 Å². The predicted octanol–water partition coefficient (Wildman–Crippen LogP) is 1.24. The summed E-state index contributed by atoms with van der Waals surface area (Å²) < 4.78 is 0. The van der Waals surface area contributed by atoms with Gasteiger partial charge in [0.1, 0.15) is 0 Å². The first-order chi connectivity index (χ1) is 5.11. The van der Waals surface area contributed by atoms with Crippen LogP contribution in [0.3, 0.4) is 0 Å². The lowest BCUT2D eigenvalue weighted by atomic mass is 9.89. The van der Waals surface area contributed by atoms with Crippen LogP contribution in [0, 0.1) is 0 Å². The maximum absolute atomic E-state index is 9.69. The van der Waals surface area contributed by atoms with Gasteiger partial charge in [0, 0.05) is 19.1 Å². The number of likely N-dealkylation sites (tertiary alicyclic amines) is 1. The van der Waals surface area contributed by atoms with E-state index in [1.807, 2.05) is 6.92 Å². The van der Waals surface area contributed by atoms with E-state index in [-0.39, 0.29) is 5.60 Å². The minimum Gasteiger partial charge on any atom is -0.387 e. The van der Waals surface area contributed by atoms with Crippen molar-refractivity contribution < 1.29 is 5.11 Å². The van der Waals surface area contributed by atoms with E-state index in [9.17, 15) is 5.11 Å². The molecule has 11 heavy (non-hydrogen) atoms. The van der Waals surface area contributed by atoms with Crippen molar-refractivity contribution in [3.05, 3.63) is 0 Å². The molecule has 1 rings (SSSR count). The molecule has 0 aliphatic carbocycles. The van der Waals surface area contributed by atoms with Crippen molar-refractivity contribution in [2.45, 2.75) is 45.3 Å². The van der Waals surface area contributed by atoms with Gasteiger partial charge in [-0.1, -0.05) is 13.8 Å². The van der Waals surface area contributed by atoms with Crippen molar-refractivity contribution >= 4 is 0 Å². The van der Waals surface area contributed by atoms with Gasteiger partial charge in [0.25, 0.3) is 0 Å². The number of aliphatic hydroxyl groups is 1. The topological polar surface area (TPSA) is 23.5 Å². The fourth-order valence-corrected chi connectivity index (χ4v) is 1.50. The molecule has 1 aliphatic rings. The average Bonchev–Trinajstić information content (AvgIpc) is 1.97. The van der Waals surface area contributed by atoms with Crippen molar-refractivity contribution in [1.82, 2.24) is 4.90 Å². The minimum atomic E-state index is -0.358. The second-order valence-corrected chi connectivity index (χ2v) is 3.74. The monoisotopic (exact) mass is 157 g/mol. The number of β-amino-alcohol motifs (C(OH)–C–C–N with tert-alkyl or cyclic N) is 1. The summed E-state index contributed by atoms with van der Waals surface area (Å²) in [5, 5.41) is 9.69. The van der Waals surface area contributed by atoms with Crippen molar-refractivity contribution in [2.24, 2.45) is 0 Å². The van der Waals surface area contributed by atoms with Crippen LogP contribution in [0.5, 0.6) is 0 Å². The molecule has 66 valence electrons. The van der Waals surface area contributed by atoms with Crippen molar-refractivity contribution in [2.75, 3.05) is 13.1 Å². The summed E-state index contributed by atoms with van der Waals surface area (Å²) in [5.74, 6) is 0. The molecule has 0 radical (unpaired) electrons. The summed E-state index contributed by atoms with van der Waals surface area (Å²) in [4.78, 5) is 2.34. The first-order valence-electron chi connectivity index (χ1n) is 4.57. The molecule has 0 bridgehead atoms. The molecule has 0 spiro atoms. The van der Waals surface area contributed by atoms with Crippen LogP contribution in [-0.2, 0) is 0 Å². The molecule has 1 atom stereocenters. The first kappa shape index (κ1) is 9.01. The van der Waals surface area contributed by atoms with Crippen LogP contribution in [0.2, 0.25) is 0 Å². The molecule has 0 amide bonds. The summed E-state index contributed by atoms with van der Waals surface area (Å²) in [5.41, 5.74) is -0.358. The Balaban J connectivity index is 2.28. The van der Waals surface area contributed by atoms with E-state index in [0.717, 1.165) is 19.5 Å². The van der Waals surface area contributed by atoms with Crippen molar-refractivity contribution in [3.8, 4) is 0 Å². The molecular formula is C9H19NO. The van der Waals surface area contributed by atoms with Crippen LogP contribution in [0.15, 0.2) is 0 Å². The maximum atomic E-state index is 9.69. The zero-order valence-electron chi connectivity index (χ0n) is 7.80. The molecule has 1 N–H and O–H groups in total. The number of hydrogen-bond donors (Lipinski definition) is 1. The van der Waals surface area contributed by atoms with Gasteiger partial charge in [-0.15, -0.1) is 0 Å². The Bertz CT molecular complexity index is 130. The molecule has 0 aromatic heterocycles. The molecule has 0 aromatic rings. The third kappa shape index (κ3) is 1.74. The van der Waals surface area contributed by atoms with E-state index in [4.69, 9.17) is 0 Å². The molecule has 0 aromatic carbocycles. The molecule has 1 aliphatic heterocycles. The third-order valence-electron chi connectivity index (χ3n) is 2.87. The standard InChI is InChI=1S/C9H19NO/c1-4-8(3)10-6-9(11,5-2)7-10/h8,11H,4-7H2,1-3H3. The predicted molar refractivity (Wildman–Crippen MR) is 46.6 cm³/mol. The zero-order chi connectivity index (χ0) is 8.48. The van der Waals surface area contributed by atoms with Gasteiger partial charge in [-0.05, 0) is 19.8 Å². The van der Waals surface area contributed by atoms with Gasteiger partial charge in [-0.3, -0.25) is 4.90 Å². The lowest BCUT2D eigenvalue weighted by molar-refractivity contribution is -0.114. The van der Waals surface area contributed by atoms with Crippen LogP contribution in [0.25, 0.3) is 0 Å². The van der Waals surface area contributed by atoms with Gasteiger partial charge in [-0.25, -0.2) is 0 Å².